The first-order chi connectivity index (χ1) is 11.7. The number of carbonyl (C=O) groups excluding carboxylic acids is 1. The van der Waals surface area contributed by atoms with Crippen molar-refractivity contribution in [2.24, 2.45) is 0 Å². The molecule has 1 N–H and O–H groups in total. The lowest BCUT2D eigenvalue weighted by Gasteiger charge is -2.20. The van der Waals surface area contributed by atoms with E-state index in [2.05, 4.69) is 17.1 Å². The standard InChI is InChI=1S/C19H29ClN2OS/c1-2-18(24-17-10-8-16(20)9-11-17)19(23)21-12-7-15-22-13-5-3-4-6-14-22/h8-11,18H,2-7,12-15H2,1H3,(H,21,23)/t18-/m1/s1. The van der Waals surface area contributed by atoms with Crippen molar-refractivity contribution in [3.05, 3.63) is 29.3 Å². The van der Waals surface area contributed by atoms with Crippen LogP contribution in [0.5, 0.6) is 0 Å². The molecule has 1 atom stereocenters. The molecule has 0 bridgehead atoms. The lowest BCUT2D eigenvalue weighted by Crippen LogP contribution is -2.35. The number of hydrogen-bond acceptors (Lipinski definition) is 3. The molecule has 0 aliphatic carbocycles. The molecule has 1 aliphatic rings. The molecule has 1 aromatic rings. The van der Waals surface area contributed by atoms with Crippen LogP contribution in [0.25, 0.3) is 0 Å². The van der Waals surface area contributed by atoms with Crippen LogP contribution >= 0.6 is 23.4 Å². The Morgan fingerprint density at radius 3 is 2.50 bits per heavy atom. The maximum absolute atomic E-state index is 12.4. The first-order valence-corrected chi connectivity index (χ1v) is 10.4. The SMILES string of the molecule is CC[C@@H](Sc1ccc(Cl)cc1)C(=O)NCCCN1CCCCCC1. The van der Waals surface area contributed by atoms with E-state index in [9.17, 15) is 4.79 Å². The molecule has 5 heteroatoms. The summed E-state index contributed by atoms with van der Waals surface area (Å²) in [5.41, 5.74) is 0. The molecule has 0 saturated carbocycles. The fraction of sp³-hybridized carbons (Fsp3) is 0.632. The van der Waals surface area contributed by atoms with Gasteiger partial charge in [0, 0.05) is 16.5 Å². The zero-order chi connectivity index (χ0) is 17.2. The molecule has 0 aromatic heterocycles. The Bertz CT molecular complexity index is 487. The number of amides is 1. The van der Waals surface area contributed by atoms with Crippen LogP contribution in [0.15, 0.2) is 29.2 Å². The number of likely N-dealkylation sites (tertiary alicyclic amines) is 1. The van der Waals surface area contributed by atoms with E-state index in [1.54, 1.807) is 11.8 Å². The van der Waals surface area contributed by atoms with E-state index in [-0.39, 0.29) is 11.2 Å². The van der Waals surface area contributed by atoms with E-state index < -0.39 is 0 Å². The molecule has 1 heterocycles. The number of halogens is 1. The predicted octanol–water partition coefficient (Wildman–Crippen LogP) is 4.59. The van der Waals surface area contributed by atoms with E-state index >= 15 is 0 Å². The fourth-order valence-corrected chi connectivity index (χ4v) is 4.09. The molecule has 24 heavy (non-hydrogen) atoms. The van der Waals surface area contributed by atoms with Crippen LogP contribution in [0.2, 0.25) is 5.02 Å². The number of hydrogen-bond donors (Lipinski definition) is 1. The van der Waals surface area contributed by atoms with Gasteiger partial charge in [-0.2, -0.15) is 0 Å². The predicted molar refractivity (Wildman–Crippen MR) is 104 cm³/mol. The molecule has 0 radical (unpaired) electrons. The van der Waals surface area contributed by atoms with Gasteiger partial charge in [0.25, 0.3) is 0 Å². The van der Waals surface area contributed by atoms with Crippen molar-refractivity contribution in [2.45, 2.75) is 55.6 Å². The monoisotopic (exact) mass is 368 g/mol. The zero-order valence-corrected chi connectivity index (χ0v) is 16.2. The summed E-state index contributed by atoms with van der Waals surface area (Å²) in [6.07, 6.45) is 7.24. The van der Waals surface area contributed by atoms with Gasteiger partial charge in [0.05, 0.1) is 5.25 Å². The van der Waals surface area contributed by atoms with Gasteiger partial charge in [-0.1, -0.05) is 31.4 Å². The highest BCUT2D eigenvalue weighted by atomic mass is 35.5. The highest BCUT2D eigenvalue weighted by Crippen LogP contribution is 2.26. The summed E-state index contributed by atoms with van der Waals surface area (Å²) in [4.78, 5) is 16.0. The number of rotatable bonds is 8. The van der Waals surface area contributed by atoms with E-state index in [1.165, 1.54) is 38.8 Å². The lowest BCUT2D eigenvalue weighted by atomic mass is 10.2. The normalized spacial score (nSPS) is 17.2. The van der Waals surface area contributed by atoms with Gasteiger partial charge >= 0.3 is 0 Å². The Kier molecular flexibility index (Phi) is 9.00. The van der Waals surface area contributed by atoms with Gasteiger partial charge in [0.15, 0.2) is 0 Å². The van der Waals surface area contributed by atoms with Gasteiger partial charge in [-0.25, -0.2) is 0 Å². The summed E-state index contributed by atoms with van der Waals surface area (Å²) >= 11 is 7.52. The fourth-order valence-electron chi connectivity index (χ4n) is 2.99. The second-order valence-corrected chi connectivity index (χ2v) is 8.08. The van der Waals surface area contributed by atoms with Crippen molar-refractivity contribution < 1.29 is 4.79 Å². The Balaban J connectivity index is 1.68. The summed E-state index contributed by atoms with van der Waals surface area (Å²) in [6, 6.07) is 7.69. The van der Waals surface area contributed by atoms with Crippen LogP contribution in [-0.4, -0.2) is 42.2 Å². The van der Waals surface area contributed by atoms with Crippen molar-refractivity contribution in [3.63, 3.8) is 0 Å². The van der Waals surface area contributed by atoms with Gasteiger partial charge < -0.3 is 10.2 Å². The summed E-state index contributed by atoms with van der Waals surface area (Å²) < 4.78 is 0. The Morgan fingerprint density at radius 2 is 1.88 bits per heavy atom. The summed E-state index contributed by atoms with van der Waals surface area (Å²) in [6.45, 7) is 6.37. The lowest BCUT2D eigenvalue weighted by molar-refractivity contribution is -0.120. The molecule has 1 fully saturated rings. The smallest absolute Gasteiger partial charge is 0.233 e. The second-order valence-electron chi connectivity index (χ2n) is 6.37. The van der Waals surface area contributed by atoms with Gasteiger partial charge in [-0.15, -0.1) is 11.8 Å². The molecular formula is C19H29ClN2OS. The number of nitrogens with one attached hydrogen (secondary N) is 1. The van der Waals surface area contributed by atoms with E-state index in [0.29, 0.717) is 0 Å². The van der Waals surface area contributed by atoms with Crippen LogP contribution in [-0.2, 0) is 4.79 Å². The van der Waals surface area contributed by atoms with Crippen LogP contribution in [0.4, 0.5) is 0 Å². The minimum absolute atomic E-state index is 0.0376. The summed E-state index contributed by atoms with van der Waals surface area (Å²) in [5.74, 6) is 0.147. The highest BCUT2D eigenvalue weighted by molar-refractivity contribution is 8.00. The Hall–Kier alpha value is -0.710. The van der Waals surface area contributed by atoms with Crippen molar-refractivity contribution in [2.75, 3.05) is 26.2 Å². The topological polar surface area (TPSA) is 32.3 Å². The number of thioether (sulfide) groups is 1. The van der Waals surface area contributed by atoms with Gasteiger partial charge in [0.1, 0.15) is 0 Å². The van der Waals surface area contributed by atoms with Crippen molar-refractivity contribution in [1.29, 1.82) is 0 Å². The third-order valence-electron chi connectivity index (χ3n) is 4.40. The molecule has 1 saturated heterocycles. The first-order valence-electron chi connectivity index (χ1n) is 9.11. The van der Waals surface area contributed by atoms with Gasteiger partial charge in [-0.3, -0.25) is 4.79 Å². The molecule has 1 amide bonds. The third-order valence-corrected chi connectivity index (χ3v) is 6.03. The Labute approximate surface area is 155 Å². The maximum Gasteiger partial charge on any atom is 0.233 e. The molecule has 0 spiro atoms. The van der Waals surface area contributed by atoms with Crippen LogP contribution in [0.3, 0.4) is 0 Å². The van der Waals surface area contributed by atoms with Crippen molar-refractivity contribution in [3.8, 4) is 0 Å². The molecule has 0 unspecified atom stereocenters. The van der Waals surface area contributed by atoms with E-state index in [0.717, 1.165) is 35.8 Å². The Morgan fingerprint density at radius 1 is 1.21 bits per heavy atom. The molecule has 3 nitrogen and oxygen atoms in total. The van der Waals surface area contributed by atoms with E-state index in [1.807, 2.05) is 24.3 Å². The molecule has 1 aromatic carbocycles. The molecular weight excluding hydrogens is 340 g/mol. The average molecular weight is 369 g/mol. The van der Waals surface area contributed by atoms with Crippen LogP contribution < -0.4 is 5.32 Å². The number of carbonyl (C=O) groups is 1. The van der Waals surface area contributed by atoms with Crippen molar-refractivity contribution >= 4 is 29.3 Å². The quantitative estimate of drug-likeness (QED) is 0.538. The zero-order valence-electron chi connectivity index (χ0n) is 14.6. The van der Waals surface area contributed by atoms with Gasteiger partial charge in [0.2, 0.25) is 5.91 Å². The van der Waals surface area contributed by atoms with Crippen LogP contribution in [0.1, 0.15) is 45.4 Å². The van der Waals surface area contributed by atoms with Gasteiger partial charge in [-0.05, 0) is 69.6 Å². The van der Waals surface area contributed by atoms with Crippen LogP contribution in [0, 0.1) is 0 Å². The third kappa shape index (κ3) is 7.04. The van der Waals surface area contributed by atoms with E-state index in [4.69, 9.17) is 11.6 Å². The second kappa shape index (κ2) is 11.0. The molecule has 2 rings (SSSR count). The number of benzene rings is 1. The average Bonchev–Trinajstić information content (AvgIpc) is 2.87. The van der Waals surface area contributed by atoms with Crippen molar-refractivity contribution in [1.82, 2.24) is 10.2 Å². The highest BCUT2D eigenvalue weighted by Gasteiger charge is 2.17. The number of nitrogens with zero attached hydrogens (tertiary/aromatic N) is 1. The molecule has 134 valence electrons. The minimum Gasteiger partial charge on any atom is -0.355 e. The summed E-state index contributed by atoms with van der Waals surface area (Å²) in [7, 11) is 0. The molecule has 1 aliphatic heterocycles. The summed E-state index contributed by atoms with van der Waals surface area (Å²) in [5, 5.41) is 3.80. The first kappa shape index (κ1) is 19.6. The minimum atomic E-state index is -0.0376. The maximum atomic E-state index is 12.4. The largest absolute Gasteiger partial charge is 0.355 e.